The average Bonchev–Trinajstić information content (AvgIpc) is 2.71. The summed E-state index contributed by atoms with van der Waals surface area (Å²) in [5.41, 5.74) is 3.00. The van der Waals surface area contributed by atoms with Crippen molar-refractivity contribution >= 4 is 16.8 Å². The van der Waals surface area contributed by atoms with E-state index in [-0.39, 0.29) is 24.4 Å². The van der Waals surface area contributed by atoms with Crippen molar-refractivity contribution in [1.29, 1.82) is 0 Å². The Morgan fingerprint density at radius 2 is 1.90 bits per heavy atom. The van der Waals surface area contributed by atoms with E-state index in [1.165, 1.54) is 4.90 Å². The van der Waals surface area contributed by atoms with Gasteiger partial charge in [0.2, 0.25) is 5.91 Å². The Hall–Kier alpha value is -3.12. The number of aryl methyl sites for hydroxylation is 2. The third kappa shape index (κ3) is 5.03. The van der Waals surface area contributed by atoms with Gasteiger partial charge in [0.1, 0.15) is 5.75 Å². The zero-order valence-corrected chi connectivity index (χ0v) is 16.9. The molecule has 1 unspecified atom stereocenters. The molecule has 0 saturated heterocycles. The van der Waals surface area contributed by atoms with E-state index in [9.17, 15) is 14.7 Å². The first-order valence-electron chi connectivity index (χ1n) is 9.56. The van der Waals surface area contributed by atoms with Crippen LogP contribution in [-0.2, 0) is 11.2 Å². The van der Waals surface area contributed by atoms with E-state index in [2.05, 4.69) is 4.98 Å². The minimum atomic E-state index is -0.790. The summed E-state index contributed by atoms with van der Waals surface area (Å²) in [6.45, 7) is 2.15. The number of aromatic amines is 1. The fourth-order valence-corrected chi connectivity index (χ4v) is 3.27. The highest BCUT2D eigenvalue weighted by Gasteiger charge is 2.16. The molecule has 1 amide bonds. The number of aliphatic hydroxyl groups is 1. The minimum absolute atomic E-state index is 0.124. The number of ether oxygens (including phenoxy) is 1. The lowest BCUT2D eigenvalue weighted by Gasteiger charge is -2.21. The van der Waals surface area contributed by atoms with Crippen LogP contribution in [0.5, 0.6) is 5.75 Å². The second-order valence-corrected chi connectivity index (χ2v) is 7.28. The SMILES string of the molecule is COc1ccc(C(O)CN(C)C(=O)CCc2cc3ccc(C)cc3[nH]c2=O)cc1. The Labute approximate surface area is 169 Å². The molecule has 2 aromatic carbocycles. The van der Waals surface area contributed by atoms with Crippen molar-refractivity contribution in [3.63, 3.8) is 0 Å². The first-order chi connectivity index (χ1) is 13.9. The predicted molar refractivity (Wildman–Crippen MR) is 113 cm³/mol. The van der Waals surface area contributed by atoms with E-state index in [4.69, 9.17) is 4.74 Å². The van der Waals surface area contributed by atoms with Gasteiger partial charge in [0.05, 0.1) is 19.8 Å². The molecule has 0 fully saturated rings. The van der Waals surface area contributed by atoms with Crippen molar-refractivity contribution in [1.82, 2.24) is 9.88 Å². The van der Waals surface area contributed by atoms with Gasteiger partial charge in [0, 0.05) is 24.5 Å². The van der Waals surface area contributed by atoms with Crippen molar-refractivity contribution in [3.05, 3.63) is 75.6 Å². The predicted octanol–water partition coefficient (Wildman–Crippen LogP) is 2.97. The summed E-state index contributed by atoms with van der Waals surface area (Å²) in [7, 11) is 3.24. The number of hydrogen-bond acceptors (Lipinski definition) is 4. The molecule has 1 aromatic heterocycles. The van der Waals surface area contributed by atoms with Crippen molar-refractivity contribution in [2.45, 2.75) is 25.9 Å². The Kier molecular flexibility index (Phi) is 6.34. The quantitative estimate of drug-likeness (QED) is 0.645. The molecule has 3 rings (SSSR count). The summed E-state index contributed by atoms with van der Waals surface area (Å²) < 4.78 is 5.11. The number of amides is 1. The molecule has 1 heterocycles. The van der Waals surface area contributed by atoms with E-state index < -0.39 is 6.10 Å². The number of rotatable bonds is 7. The Bertz CT molecular complexity index is 1060. The van der Waals surface area contributed by atoms with Crippen LogP contribution < -0.4 is 10.3 Å². The fourth-order valence-electron chi connectivity index (χ4n) is 3.27. The van der Waals surface area contributed by atoms with Gasteiger partial charge in [0.15, 0.2) is 0 Å². The van der Waals surface area contributed by atoms with Crippen LogP contribution in [0.1, 0.15) is 29.2 Å². The number of H-pyrrole nitrogens is 1. The van der Waals surface area contributed by atoms with Crippen LogP contribution in [0.25, 0.3) is 10.9 Å². The van der Waals surface area contributed by atoms with Crippen molar-refractivity contribution < 1.29 is 14.6 Å². The minimum Gasteiger partial charge on any atom is -0.497 e. The smallest absolute Gasteiger partial charge is 0.251 e. The summed E-state index contributed by atoms with van der Waals surface area (Å²) in [4.78, 5) is 29.2. The number of fused-ring (bicyclic) bond motifs is 1. The Morgan fingerprint density at radius 1 is 1.17 bits per heavy atom. The molecule has 0 saturated carbocycles. The van der Waals surface area contributed by atoms with Gasteiger partial charge in [-0.2, -0.15) is 0 Å². The number of pyridine rings is 1. The summed E-state index contributed by atoms with van der Waals surface area (Å²) >= 11 is 0. The van der Waals surface area contributed by atoms with Crippen molar-refractivity contribution in [2.75, 3.05) is 20.7 Å². The van der Waals surface area contributed by atoms with Crippen LogP contribution >= 0.6 is 0 Å². The Balaban J connectivity index is 1.61. The summed E-state index contributed by atoms with van der Waals surface area (Å²) in [6, 6.07) is 14.8. The number of aliphatic hydroxyl groups excluding tert-OH is 1. The largest absolute Gasteiger partial charge is 0.497 e. The number of carbonyl (C=O) groups excluding carboxylic acids is 1. The molecule has 0 aliphatic heterocycles. The maximum Gasteiger partial charge on any atom is 0.251 e. The van der Waals surface area contributed by atoms with Crippen molar-refractivity contribution in [2.24, 2.45) is 0 Å². The number of likely N-dealkylation sites (N-methyl/N-ethyl adjacent to an activating group) is 1. The molecule has 6 heteroatoms. The molecule has 0 bridgehead atoms. The highest BCUT2D eigenvalue weighted by atomic mass is 16.5. The van der Waals surface area contributed by atoms with E-state index in [0.717, 1.165) is 16.5 Å². The maximum atomic E-state index is 12.5. The van der Waals surface area contributed by atoms with Crippen molar-refractivity contribution in [3.8, 4) is 5.75 Å². The van der Waals surface area contributed by atoms with Gasteiger partial charge in [-0.05, 0) is 54.1 Å². The van der Waals surface area contributed by atoms with Crippen LogP contribution in [0.2, 0.25) is 0 Å². The summed E-state index contributed by atoms with van der Waals surface area (Å²) in [5.74, 6) is 0.585. The van der Waals surface area contributed by atoms with Gasteiger partial charge in [-0.15, -0.1) is 0 Å². The van der Waals surface area contributed by atoms with Gasteiger partial charge in [-0.1, -0.05) is 24.3 Å². The fraction of sp³-hybridized carbons (Fsp3) is 0.304. The van der Waals surface area contributed by atoms with Crippen LogP contribution in [0.15, 0.2) is 53.3 Å². The zero-order valence-electron chi connectivity index (χ0n) is 16.9. The number of aromatic nitrogens is 1. The third-order valence-corrected chi connectivity index (χ3v) is 5.06. The van der Waals surface area contributed by atoms with E-state index in [1.54, 1.807) is 38.4 Å². The standard InChI is InChI=1S/C23H26N2O4/c1-15-4-5-17-13-18(23(28)24-20(17)12-15)8-11-22(27)25(2)14-21(26)16-6-9-19(29-3)10-7-16/h4-7,9-10,12-13,21,26H,8,11,14H2,1-3H3,(H,24,28). The molecule has 6 nitrogen and oxygen atoms in total. The van der Waals surface area contributed by atoms with Gasteiger partial charge in [-0.3, -0.25) is 9.59 Å². The molecule has 0 aliphatic rings. The van der Waals surface area contributed by atoms with Crippen LogP contribution in [-0.4, -0.2) is 41.6 Å². The number of nitrogens with one attached hydrogen (secondary N) is 1. The normalized spacial score (nSPS) is 12.0. The first kappa shape index (κ1) is 20.6. The molecule has 29 heavy (non-hydrogen) atoms. The molecule has 152 valence electrons. The second-order valence-electron chi connectivity index (χ2n) is 7.28. The molecule has 0 spiro atoms. The molecule has 1 atom stereocenters. The van der Waals surface area contributed by atoms with Crippen LogP contribution in [0.3, 0.4) is 0 Å². The van der Waals surface area contributed by atoms with Gasteiger partial charge < -0.3 is 19.7 Å². The molecule has 0 radical (unpaired) electrons. The summed E-state index contributed by atoms with van der Waals surface area (Å²) in [5, 5.41) is 11.3. The molecule has 3 aromatic rings. The zero-order chi connectivity index (χ0) is 21.0. The lowest BCUT2D eigenvalue weighted by molar-refractivity contribution is -0.131. The van der Waals surface area contributed by atoms with Crippen LogP contribution in [0.4, 0.5) is 0 Å². The van der Waals surface area contributed by atoms with E-state index >= 15 is 0 Å². The van der Waals surface area contributed by atoms with Crippen LogP contribution in [0, 0.1) is 6.92 Å². The maximum absolute atomic E-state index is 12.5. The lowest BCUT2D eigenvalue weighted by Crippen LogP contribution is -2.31. The highest BCUT2D eigenvalue weighted by Crippen LogP contribution is 2.19. The summed E-state index contributed by atoms with van der Waals surface area (Å²) in [6.07, 6.45) is -0.241. The molecule has 2 N–H and O–H groups in total. The molecular formula is C23H26N2O4. The van der Waals surface area contributed by atoms with E-state index in [1.807, 2.05) is 31.2 Å². The number of nitrogens with zero attached hydrogens (tertiary/aromatic N) is 1. The second kappa shape index (κ2) is 8.92. The average molecular weight is 394 g/mol. The van der Waals surface area contributed by atoms with Gasteiger partial charge in [0.25, 0.3) is 5.56 Å². The first-order valence-corrected chi connectivity index (χ1v) is 9.56. The van der Waals surface area contributed by atoms with Gasteiger partial charge >= 0.3 is 0 Å². The number of carbonyl (C=O) groups is 1. The number of benzene rings is 2. The molecular weight excluding hydrogens is 368 g/mol. The number of hydrogen-bond donors (Lipinski definition) is 2. The topological polar surface area (TPSA) is 82.6 Å². The molecule has 0 aliphatic carbocycles. The van der Waals surface area contributed by atoms with Gasteiger partial charge in [-0.25, -0.2) is 0 Å². The number of methoxy groups -OCH3 is 1. The third-order valence-electron chi connectivity index (χ3n) is 5.06. The van der Waals surface area contributed by atoms with E-state index in [0.29, 0.717) is 23.3 Å². The monoisotopic (exact) mass is 394 g/mol. The Morgan fingerprint density at radius 3 is 2.59 bits per heavy atom. The lowest BCUT2D eigenvalue weighted by atomic mass is 10.1. The highest BCUT2D eigenvalue weighted by molar-refractivity contribution is 5.80.